The van der Waals surface area contributed by atoms with Crippen molar-refractivity contribution in [1.82, 2.24) is 0 Å². The maximum atomic E-state index is 12.3. The molecule has 0 aliphatic rings. The molecule has 1 amide bonds. The van der Waals surface area contributed by atoms with E-state index in [0.717, 1.165) is 10.3 Å². The SMILES string of the molecule is COc1cc(NC(=O)CSc2cccc3ccccc23)cc(OC)c1. The van der Waals surface area contributed by atoms with Gasteiger partial charge in [0, 0.05) is 28.8 Å². The highest BCUT2D eigenvalue weighted by Gasteiger charge is 2.08. The first-order chi connectivity index (χ1) is 12.2. The van der Waals surface area contributed by atoms with Gasteiger partial charge < -0.3 is 14.8 Å². The fourth-order valence-corrected chi connectivity index (χ4v) is 3.42. The van der Waals surface area contributed by atoms with Gasteiger partial charge in [-0.25, -0.2) is 0 Å². The molecule has 128 valence electrons. The molecule has 0 aliphatic carbocycles. The lowest BCUT2D eigenvalue weighted by molar-refractivity contribution is -0.113. The van der Waals surface area contributed by atoms with E-state index >= 15 is 0 Å². The maximum Gasteiger partial charge on any atom is 0.234 e. The molecule has 3 rings (SSSR count). The van der Waals surface area contributed by atoms with Crippen molar-refractivity contribution in [2.45, 2.75) is 4.90 Å². The third-order valence-electron chi connectivity index (χ3n) is 3.74. The minimum Gasteiger partial charge on any atom is -0.497 e. The fraction of sp³-hybridized carbons (Fsp3) is 0.150. The Bertz CT molecular complexity index is 867. The number of anilines is 1. The highest BCUT2D eigenvalue weighted by Crippen LogP contribution is 2.29. The number of carbonyl (C=O) groups excluding carboxylic acids is 1. The van der Waals surface area contributed by atoms with Crippen molar-refractivity contribution >= 4 is 34.1 Å². The van der Waals surface area contributed by atoms with Crippen LogP contribution in [0.15, 0.2) is 65.6 Å². The van der Waals surface area contributed by atoms with Gasteiger partial charge in [0.25, 0.3) is 0 Å². The summed E-state index contributed by atoms with van der Waals surface area (Å²) in [6.45, 7) is 0. The van der Waals surface area contributed by atoms with Gasteiger partial charge in [-0.05, 0) is 16.8 Å². The molecule has 0 unspecified atom stereocenters. The van der Waals surface area contributed by atoms with Crippen molar-refractivity contribution in [2.24, 2.45) is 0 Å². The Morgan fingerprint density at radius 3 is 2.36 bits per heavy atom. The Kier molecular flexibility index (Phi) is 5.46. The summed E-state index contributed by atoms with van der Waals surface area (Å²) in [5, 5.41) is 5.22. The Morgan fingerprint density at radius 1 is 0.960 bits per heavy atom. The molecule has 4 nitrogen and oxygen atoms in total. The van der Waals surface area contributed by atoms with E-state index in [2.05, 4.69) is 23.5 Å². The lowest BCUT2D eigenvalue weighted by Crippen LogP contribution is -2.14. The third-order valence-corrected chi connectivity index (χ3v) is 4.82. The quantitative estimate of drug-likeness (QED) is 0.659. The first-order valence-corrected chi connectivity index (χ1v) is 8.81. The van der Waals surface area contributed by atoms with Gasteiger partial charge >= 0.3 is 0 Å². The molecular weight excluding hydrogens is 334 g/mol. The van der Waals surface area contributed by atoms with Crippen molar-refractivity contribution in [3.05, 3.63) is 60.7 Å². The van der Waals surface area contributed by atoms with Crippen LogP contribution in [0.2, 0.25) is 0 Å². The Labute approximate surface area is 151 Å². The zero-order valence-electron chi connectivity index (χ0n) is 14.1. The number of fused-ring (bicyclic) bond motifs is 1. The van der Waals surface area contributed by atoms with E-state index < -0.39 is 0 Å². The Morgan fingerprint density at radius 2 is 1.64 bits per heavy atom. The van der Waals surface area contributed by atoms with E-state index in [4.69, 9.17) is 9.47 Å². The van der Waals surface area contributed by atoms with Crippen LogP contribution in [0.3, 0.4) is 0 Å². The molecule has 0 bridgehead atoms. The van der Waals surface area contributed by atoms with Crippen LogP contribution >= 0.6 is 11.8 Å². The zero-order valence-corrected chi connectivity index (χ0v) is 14.9. The minimum absolute atomic E-state index is 0.0757. The second-order valence-corrected chi connectivity index (χ2v) is 6.43. The van der Waals surface area contributed by atoms with Crippen LogP contribution in [-0.2, 0) is 4.79 Å². The van der Waals surface area contributed by atoms with Gasteiger partial charge in [0.1, 0.15) is 11.5 Å². The molecule has 0 aromatic heterocycles. The van der Waals surface area contributed by atoms with Crippen molar-refractivity contribution in [3.63, 3.8) is 0 Å². The maximum absolute atomic E-state index is 12.3. The molecule has 3 aromatic rings. The second kappa shape index (κ2) is 7.94. The summed E-state index contributed by atoms with van der Waals surface area (Å²) in [4.78, 5) is 13.4. The van der Waals surface area contributed by atoms with E-state index in [1.54, 1.807) is 32.4 Å². The average Bonchev–Trinajstić information content (AvgIpc) is 2.65. The predicted octanol–water partition coefficient (Wildman–Crippen LogP) is 4.59. The molecule has 1 N–H and O–H groups in total. The number of rotatable bonds is 6. The van der Waals surface area contributed by atoms with Gasteiger partial charge in [-0.1, -0.05) is 36.4 Å². The van der Waals surface area contributed by atoms with Gasteiger partial charge in [-0.3, -0.25) is 4.79 Å². The summed E-state index contributed by atoms with van der Waals surface area (Å²) in [5.41, 5.74) is 0.653. The van der Waals surface area contributed by atoms with Crippen LogP contribution < -0.4 is 14.8 Å². The van der Waals surface area contributed by atoms with Crippen molar-refractivity contribution in [1.29, 1.82) is 0 Å². The van der Waals surface area contributed by atoms with E-state index in [-0.39, 0.29) is 5.91 Å². The number of thioether (sulfide) groups is 1. The second-order valence-electron chi connectivity index (χ2n) is 5.42. The Balaban J connectivity index is 1.69. The first-order valence-electron chi connectivity index (χ1n) is 7.83. The molecule has 0 saturated carbocycles. The molecule has 0 heterocycles. The molecule has 0 aliphatic heterocycles. The van der Waals surface area contributed by atoms with Crippen LogP contribution in [0, 0.1) is 0 Å². The topological polar surface area (TPSA) is 47.6 Å². The summed E-state index contributed by atoms with van der Waals surface area (Å²) < 4.78 is 10.4. The normalized spacial score (nSPS) is 10.5. The van der Waals surface area contributed by atoms with Gasteiger partial charge in [0.15, 0.2) is 0 Å². The summed E-state index contributed by atoms with van der Waals surface area (Å²) in [6, 6.07) is 19.6. The van der Waals surface area contributed by atoms with E-state index in [0.29, 0.717) is 22.9 Å². The minimum atomic E-state index is -0.0757. The highest BCUT2D eigenvalue weighted by atomic mass is 32.2. The molecule has 5 heteroatoms. The first kappa shape index (κ1) is 17.2. The molecule has 0 spiro atoms. The molecule has 25 heavy (non-hydrogen) atoms. The highest BCUT2D eigenvalue weighted by molar-refractivity contribution is 8.00. The fourth-order valence-electron chi connectivity index (χ4n) is 2.54. The van der Waals surface area contributed by atoms with Crippen LogP contribution in [-0.4, -0.2) is 25.9 Å². The summed E-state index contributed by atoms with van der Waals surface area (Å²) >= 11 is 1.52. The number of amides is 1. The zero-order chi connectivity index (χ0) is 17.6. The van der Waals surface area contributed by atoms with Gasteiger partial charge in [-0.15, -0.1) is 11.8 Å². The van der Waals surface area contributed by atoms with Gasteiger partial charge in [0.05, 0.1) is 20.0 Å². The number of benzene rings is 3. The summed E-state index contributed by atoms with van der Waals surface area (Å²) in [7, 11) is 3.16. The largest absolute Gasteiger partial charge is 0.497 e. The monoisotopic (exact) mass is 353 g/mol. The van der Waals surface area contributed by atoms with Crippen LogP contribution in [0.1, 0.15) is 0 Å². The van der Waals surface area contributed by atoms with Crippen LogP contribution in [0.5, 0.6) is 11.5 Å². The molecular formula is C20H19NO3S. The number of carbonyl (C=O) groups is 1. The Hall–Kier alpha value is -2.66. The number of methoxy groups -OCH3 is 2. The van der Waals surface area contributed by atoms with Crippen molar-refractivity contribution in [3.8, 4) is 11.5 Å². The molecule has 0 atom stereocenters. The summed E-state index contributed by atoms with van der Waals surface area (Å²) in [5.74, 6) is 1.52. The number of hydrogen-bond acceptors (Lipinski definition) is 4. The number of nitrogens with one attached hydrogen (secondary N) is 1. The van der Waals surface area contributed by atoms with E-state index in [1.807, 2.05) is 24.3 Å². The number of hydrogen-bond donors (Lipinski definition) is 1. The van der Waals surface area contributed by atoms with Crippen LogP contribution in [0.25, 0.3) is 10.8 Å². The smallest absolute Gasteiger partial charge is 0.234 e. The number of ether oxygens (including phenoxy) is 2. The lowest BCUT2D eigenvalue weighted by atomic mass is 10.1. The molecule has 0 fully saturated rings. The van der Waals surface area contributed by atoms with Crippen LogP contribution in [0.4, 0.5) is 5.69 Å². The van der Waals surface area contributed by atoms with E-state index in [1.165, 1.54) is 17.1 Å². The van der Waals surface area contributed by atoms with Crippen molar-refractivity contribution < 1.29 is 14.3 Å². The lowest BCUT2D eigenvalue weighted by Gasteiger charge is -2.10. The average molecular weight is 353 g/mol. The predicted molar refractivity (Wildman–Crippen MR) is 103 cm³/mol. The van der Waals surface area contributed by atoms with Gasteiger partial charge in [0.2, 0.25) is 5.91 Å². The van der Waals surface area contributed by atoms with Gasteiger partial charge in [-0.2, -0.15) is 0 Å². The molecule has 0 saturated heterocycles. The molecule has 0 radical (unpaired) electrons. The van der Waals surface area contributed by atoms with Crippen molar-refractivity contribution in [2.75, 3.05) is 25.3 Å². The molecule has 3 aromatic carbocycles. The standard InChI is InChI=1S/C20H19NO3S/c1-23-16-10-15(11-17(12-16)24-2)21-20(22)13-25-19-9-5-7-14-6-3-4-8-18(14)19/h3-12H,13H2,1-2H3,(H,21,22). The summed E-state index contributed by atoms with van der Waals surface area (Å²) in [6.07, 6.45) is 0. The third kappa shape index (κ3) is 4.25. The van der Waals surface area contributed by atoms with E-state index in [9.17, 15) is 4.79 Å².